The molecule has 0 atom stereocenters. The predicted octanol–water partition coefficient (Wildman–Crippen LogP) is 0.646. The Labute approximate surface area is 229 Å². The van der Waals surface area contributed by atoms with Crippen LogP contribution in [0.4, 0.5) is 11.8 Å². The number of rotatable bonds is 8. The van der Waals surface area contributed by atoms with Gasteiger partial charge in [-0.3, -0.25) is 24.0 Å². The molecule has 0 spiro atoms. The molecule has 1 amide bonds. The van der Waals surface area contributed by atoms with Gasteiger partial charge in [-0.15, -0.1) is 0 Å². The first-order chi connectivity index (χ1) is 19.8. The Hall–Kier alpha value is -5.54. The van der Waals surface area contributed by atoms with Gasteiger partial charge in [0.05, 0.1) is 6.33 Å². The summed E-state index contributed by atoms with van der Waals surface area (Å²) in [5.41, 5.74) is 8.40. The first kappa shape index (κ1) is 25.7. The number of fused-ring (bicyclic) bond motifs is 3. The molecule has 16 heteroatoms. The number of nitrogens with two attached hydrogens (primary N) is 1. The lowest BCUT2D eigenvalue weighted by Crippen LogP contribution is -2.38. The molecule has 5 heterocycles. The Kier molecular flexibility index (Phi) is 6.20. The summed E-state index contributed by atoms with van der Waals surface area (Å²) in [6.07, 6.45) is 3.71. The van der Waals surface area contributed by atoms with Crippen molar-refractivity contribution in [2.24, 2.45) is 14.1 Å². The maximum atomic E-state index is 12.8. The lowest BCUT2D eigenvalue weighted by Gasteiger charge is -2.09. The third-order valence-electron chi connectivity index (χ3n) is 6.84. The smallest absolute Gasteiger partial charge is 0.332 e. The van der Waals surface area contributed by atoms with E-state index in [1.54, 1.807) is 17.7 Å². The molecule has 0 radical (unpaired) electrons. The van der Waals surface area contributed by atoms with E-state index in [9.17, 15) is 14.4 Å². The second-order valence-corrected chi connectivity index (χ2v) is 9.27. The van der Waals surface area contributed by atoms with E-state index >= 15 is 0 Å². The van der Waals surface area contributed by atoms with Gasteiger partial charge >= 0.3 is 5.69 Å². The summed E-state index contributed by atoms with van der Waals surface area (Å²) in [5, 5.41) is 2.54. The number of aromatic amines is 1. The average molecular weight is 560 g/mol. The number of aromatic nitrogens is 9. The molecule has 0 saturated heterocycles. The first-order valence-corrected chi connectivity index (χ1v) is 12.7. The molecule has 16 nitrogen and oxygen atoms in total. The SMILES string of the molecule is CCn1c(=O)n(C)c(=O)c2c1nc(CCc1ccc(OCC(=O)Nc3nc(N)c4[nH]cnc4n3)c3ncoc13)n2C. The van der Waals surface area contributed by atoms with Crippen molar-refractivity contribution in [2.45, 2.75) is 26.3 Å². The molecule has 4 N–H and O–H groups in total. The number of nitrogens with zero attached hydrogens (tertiary/aromatic N) is 8. The molecular weight excluding hydrogens is 534 g/mol. The number of carbonyl (C=O) groups excluding carboxylic acids is 1. The summed E-state index contributed by atoms with van der Waals surface area (Å²) in [4.78, 5) is 61.7. The molecule has 0 saturated carbocycles. The highest BCUT2D eigenvalue weighted by Gasteiger charge is 2.19. The number of carbonyl (C=O) groups is 1. The number of benzene rings is 1. The minimum Gasteiger partial charge on any atom is -0.481 e. The standard InChI is InChI=1S/C25H25N11O5/c1-4-36-22-18(23(38)35(3)25(36)39)34(2)14(30-22)8-6-12-5-7-13(16-19(12)41-11-29-16)40-9-15(37)31-24-32-20(26)17-21(33-24)28-10-27-17/h5,7,10-11H,4,6,8-9H2,1-3H3,(H4,26,27,28,31,32,33,37). The van der Waals surface area contributed by atoms with E-state index in [2.05, 4.69) is 35.2 Å². The number of oxazole rings is 1. The molecule has 6 aromatic rings. The van der Waals surface area contributed by atoms with Crippen LogP contribution in [0.2, 0.25) is 0 Å². The van der Waals surface area contributed by atoms with E-state index in [1.807, 2.05) is 13.0 Å². The van der Waals surface area contributed by atoms with Crippen molar-refractivity contribution in [1.82, 2.24) is 43.6 Å². The van der Waals surface area contributed by atoms with Crippen LogP contribution in [0.3, 0.4) is 0 Å². The van der Waals surface area contributed by atoms with Crippen LogP contribution in [0.5, 0.6) is 5.75 Å². The lowest BCUT2D eigenvalue weighted by molar-refractivity contribution is -0.118. The molecule has 5 aromatic heterocycles. The largest absolute Gasteiger partial charge is 0.481 e. The molecule has 0 aliphatic heterocycles. The van der Waals surface area contributed by atoms with Gasteiger partial charge in [-0.2, -0.15) is 9.97 Å². The third kappa shape index (κ3) is 4.34. The van der Waals surface area contributed by atoms with E-state index < -0.39 is 17.2 Å². The second kappa shape index (κ2) is 9.89. The topological polar surface area (TPSA) is 207 Å². The number of hydrogen-bond acceptors (Lipinski definition) is 11. The molecule has 0 aliphatic carbocycles. The number of nitrogen functional groups attached to an aromatic ring is 1. The van der Waals surface area contributed by atoms with Crippen LogP contribution in [-0.4, -0.2) is 56.1 Å². The molecule has 0 unspecified atom stereocenters. The Balaban J connectivity index is 1.18. The second-order valence-electron chi connectivity index (χ2n) is 9.27. The van der Waals surface area contributed by atoms with E-state index in [1.165, 1.54) is 24.3 Å². The monoisotopic (exact) mass is 559 g/mol. The van der Waals surface area contributed by atoms with E-state index in [0.717, 1.165) is 10.1 Å². The highest BCUT2D eigenvalue weighted by molar-refractivity contribution is 5.92. The number of hydrogen-bond donors (Lipinski definition) is 3. The number of ether oxygens (including phenoxy) is 1. The number of anilines is 2. The summed E-state index contributed by atoms with van der Waals surface area (Å²) in [7, 11) is 3.22. The molecule has 0 fully saturated rings. The zero-order valence-electron chi connectivity index (χ0n) is 22.3. The average Bonchev–Trinajstić information content (AvgIpc) is 3.70. The van der Waals surface area contributed by atoms with E-state index in [-0.39, 0.29) is 18.4 Å². The van der Waals surface area contributed by atoms with Crippen LogP contribution in [0.1, 0.15) is 18.3 Å². The minimum absolute atomic E-state index is 0.00774. The minimum atomic E-state index is -0.501. The molecule has 0 bridgehead atoms. The number of nitrogens with one attached hydrogen (secondary N) is 2. The van der Waals surface area contributed by atoms with Crippen molar-refractivity contribution in [3.8, 4) is 5.75 Å². The van der Waals surface area contributed by atoms with Crippen LogP contribution in [0.25, 0.3) is 33.4 Å². The summed E-state index contributed by atoms with van der Waals surface area (Å²) in [6.45, 7) is 1.88. The molecule has 210 valence electrons. The number of amides is 1. The maximum absolute atomic E-state index is 12.8. The van der Waals surface area contributed by atoms with Crippen LogP contribution in [-0.2, 0) is 38.3 Å². The molecular formula is C25H25N11O5. The highest BCUT2D eigenvalue weighted by atomic mass is 16.5. The summed E-state index contributed by atoms with van der Waals surface area (Å²) >= 11 is 0. The first-order valence-electron chi connectivity index (χ1n) is 12.7. The van der Waals surface area contributed by atoms with Crippen molar-refractivity contribution in [3.63, 3.8) is 0 Å². The van der Waals surface area contributed by atoms with Gasteiger partial charge in [-0.25, -0.2) is 19.7 Å². The fraction of sp³-hybridized carbons (Fsp3) is 0.280. The summed E-state index contributed by atoms with van der Waals surface area (Å²) in [5.74, 6) is 0.663. The normalized spacial score (nSPS) is 11.6. The Morgan fingerprint density at radius 1 is 1.12 bits per heavy atom. The van der Waals surface area contributed by atoms with Crippen LogP contribution < -0.4 is 27.0 Å². The van der Waals surface area contributed by atoms with Gasteiger partial charge in [-0.1, -0.05) is 6.07 Å². The number of imidazole rings is 2. The fourth-order valence-corrected chi connectivity index (χ4v) is 4.74. The Morgan fingerprint density at radius 2 is 1.95 bits per heavy atom. The van der Waals surface area contributed by atoms with Crippen LogP contribution >= 0.6 is 0 Å². The van der Waals surface area contributed by atoms with Gasteiger partial charge in [0.2, 0.25) is 5.95 Å². The van der Waals surface area contributed by atoms with Crippen LogP contribution in [0.15, 0.2) is 38.9 Å². The quantitative estimate of drug-likeness (QED) is 0.236. The third-order valence-corrected chi connectivity index (χ3v) is 6.84. The van der Waals surface area contributed by atoms with Gasteiger partial charge in [0, 0.05) is 27.1 Å². The summed E-state index contributed by atoms with van der Waals surface area (Å²) in [6, 6.07) is 3.52. The van der Waals surface area contributed by atoms with Crippen LogP contribution in [0, 0.1) is 0 Å². The molecule has 41 heavy (non-hydrogen) atoms. The van der Waals surface area contributed by atoms with Gasteiger partial charge < -0.3 is 24.4 Å². The van der Waals surface area contributed by atoms with Gasteiger partial charge in [0.15, 0.2) is 46.7 Å². The maximum Gasteiger partial charge on any atom is 0.332 e. The van der Waals surface area contributed by atoms with Crippen molar-refractivity contribution >= 4 is 51.1 Å². The number of H-pyrrole nitrogens is 1. The number of aryl methyl sites for hydroxylation is 4. The lowest BCUT2D eigenvalue weighted by atomic mass is 10.1. The zero-order valence-corrected chi connectivity index (χ0v) is 22.3. The van der Waals surface area contributed by atoms with Gasteiger partial charge in [-0.05, 0) is 25.0 Å². The predicted molar refractivity (Wildman–Crippen MR) is 148 cm³/mol. The summed E-state index contributed by atoms with van der Waals surface area (Å²) < 4.78 is 15.7. The van der Waals surface area contributed by atoms with Crippen molar-refractivity contribution < 1.29 is 13.9 Å². The van der Waals surface area contributed by atoms with E-state index in [0.29, 0.717) is 64.4 Å². The van der Waals surface area contributed by atoms with Gasteiger partial charge in [0.25, 0.3) is 11.5 Å². The molecule has 6 rings (SSSR count). The molecule has 0 aliphatic rings. The highest BCUT2D eigenvalue weighted by Crippen LogP contribution is 2.28. The van der Waals surface area contributed by atoms with E-state index in [4.69, 9.17) is 14.9 Å². The Bertz CT molecular complexity index is 2080. The van der Waals surface area contributed by atoms with Crippen molar-refractivity contribution in [1.29, 1.82) is 0 Å². The van der Waals surface area contributed by atoms with Gasteiger partial charge in [0.1, 0.15) is 17.1 Å². The van der Waals surface area contributed by atoms with Crippen molar-refractivity contribution in [3.05, 3.63) is 57.1 Å². The Morgan fingerprint density at radius 3 is 2.76 bits per heavy atom. The van der Waals surface area contributed by atoms with Crippen molar-refractivity contribution in [2.75, 3.05) is 17.7 Å². The fourth-order valence-electron chi connectivity index (χ4n) is 4.74. The molecule has 1 aromatic carbocycles. The zero-order chi connectivity index (χ0) is 28.8.